The molecule has 0 radical (unpaired) electrons. The molecule has 0 aliphatic heterocycles. The highest BCUT2D eigenvalue weighted by molar-refractivity contribution is 6.09. The summed E-state index contributed by atoms with van der Waals surface area (Å²) in [5.41, 5.74) is 5.88. The highest BCUT2D eigenvalue weighted by Crippen LogP contribution is 2.31. The fraction of sp³-hybridized carbons (Fsp3) is 0.214. The second kappa shape index (κ2) is 6.17. The quantitative estimate of drug-likeness (QED) is 0.849. The van der Waals surface area contributed by atoms with Gasteiger partial charge in [-0.3, -0.25) is 14.3 Å². The number of nitrogens with two attached hydrogens (primary N) is 1. The molecule has 2 aromatic rings. The Morgan fingerprint density at radius 2 is 2.00 bits per heavy atom. The molecular weight excluding hydrogens is 288 g/mol. The number of aryl methyl sites for hydroxylation is 1. The van der Waals surface area contributed by atoms with Gasteiger partial charge in [-0.2, -0.15) is 5.10 Å². The Balaban J connectivity index is 2.37. The Morgan fingerprint density at radius 3 is 2.59 bits per heavy atom. The molecule has 0 spiro atoms. The molecule has 8 nitrogen and oxygen atoms in total. The van der Waals surface area contributed by atoms with Crippen LogP contribution in [0.15, 0.2) is 24.4 Å². The lowest BCUT2D eigenvalue weighted by atomic mass is 10.1. The summed E-state index contributed by atoms with van der Waals surface area (Å²) in [5, 5.41) is 6.50. The number of amides is 2. The number of anilines is 1. The summed E-state index contributed by atoms with van der Waals surface area (Å²) in [7, 11) is 4.47. The fourth-order valence-electron chi connectivity index (χ4n) is 2.08. The predicted molar refractivity (Wildman–Crippen MR) is 79.2 cm³/mol. The van der Waals surface area contributed by atoms with Crippen LogP contribution in [0.4, 0.5) is 5.69 Å². The van der Waals surface area contributed by atoms with Gasteiger partial charge in [0.1, 0.15) is 5.69 Å². The van der Waals surface area contributed by atoms with Crippen LogP contribution in [0, 0.1) is 0 Å². The molecule has 0 fully saturated rings. The Kier molecular flexibility index (Phi) is 4.31. The number of carbonyl (C=O) groups is 2. The first kappa shape index (κ1) is 15.4. The van der Waals surface area contributed by atoms with E-state index in [9.17, 15) is 9.59 Å². The highest BCUT2D eigenvalue weighted by atomic mass is 16.5. The molecule has 0 atom stereocenters. The molecule has 0 aliphatic carbocycles. The number of carbonyl (C=O) groups excluding carboxylic acids is 2. The van der Waals surface area contributed by atoms with E-state index >= 15 is 0 Å². The van der Waals surface area contributed by atoms with Crippen LogP contribution in [-0.2, 0) is 7.05 Å². The summed E-state index contributed by atoms with van der Waals surface area (Å²) in [6.07, 6.45) is 1.35. The molecule has 0 unspecified atom stereocenters. The van der Waals surface area contributed by atoms with Gasteiger partial charge in [0.15, 0.2) is 11.5 Å². The smallest absolute Gasteiger partial charge is 0.269 e. The van der Waals surface area contributed by atoms with E-state index in [-0.39, 0.29) is 16.9 Å². The third-order valence-corrected chi connectivity index (χ3v) is 3.07. The van der Waals surface area contributed by atoms with Crippen LogP contribution in [0.1, 0.15) is 20.8 Å². The maximum Gasteiger partial charge on any atom is 0.269 e. The highest BCUT2D eigenvalue weighted by Gasteiger charge is 2.20. The second-order valence-corrected chi connectivity index (χ2v) is 4.39. The average molecular weight is 304 g/mol. The number of rotatable bonds is 5. The standard InChI is InChI=1S/C14H16N4O4/c1-18-11(13(15)19)9(7-16-18)17-14(20)8-5-4-6-10(21-2)12(8)22-3/h4-7H,1-3H3,(H2,15,19)(H,17,20). The Morgan fingerprint density at radius 1 is 1.27 bits per heavy atom. The molecule has 1 heterocycles. The third-order valence-electron chi connectivity index (χ3n) is 3.07. The molecule has 0 aliphatic rings. The van der Waals surface area contributed by atoms with Crippen LogP contribution in [0.5, 0.6) is 11.5 Å². The van der Waals surface area contributed by atoms with E-state index in [0.717, 1.165) is 0 Å². The number of hydrogen-bond acceptors (Lipinski definition) is 5. The summed E-state index contributed by atoms with van der Waals surface area (Å²) < 4.78 is 11.7. The minimum absolute atomic E-state index is 0.107. The third kappa shape index (κ3) is 2.71. The van der Waals surface area contributed by atoms with E-state index < -0.39 is 11.8 Å². The monoisotopic (exact) mass is 304 g/mol. The van der Waals surface area contributed by atoms with Crippen LogP contribution in [0.25, 0.3) is 0 Å². The van der Waals surface area contributed by atoms with Gasteiger partial charge in [0, 0.05) is 7.05 Å². The zero-order chi connectivity index (χ0) is 16.3. The summed E-state index contributed by atoms with van der Waals surface area (Å²) in [5.74, 6) is -0.428. The van der Waals surface area contributed by atoms with Crippen molar-refractivity contribution in [2.24, 2.45) is 12.8 Å². The summed E-state index contributed by atoms with van der Waals surface area (Å²) in [6, 6.07) is 4.92. The number of para-hydroxylation sites is 1. The van der Waals surface area contributed by atoms with Gasteiger partial charge in [-0.1, -0.05) is 6.07 Å². The van der Waals surface area contributed by atoms with Crippen LogP contribution in [0.3, 0.4) is 0 Å². The average Bonchev–Trinajstić information content (AvgIpc) is 2.86. The summed E-state index contributed by atoms with van der Waals surface area (Å²) in [4.78, 5) is 23.8. The number of nitrogens with one attached hydrogen (secondary N) is 1. The fourth-order valence-corrected chi connectivity index (χ4v) is 2.08. The van der Waals surface area contributed by atoms with Gasteiger partial charge in [0.05, 0.1) is 31.7 Å². The first-order valence-corrected chi connectivity index (χ1v) is 6.33. The number of hydrogen-bond donors (Lipinski definition) is 2. The second-order valence-electron chi connectivity index (χ2n) is 4.39. The molecule has 3 N–H and O–H groups in total. The lowest BCUT2D eigenvalue weighted by molar-refractivity contribution is 0.0992. The number of aromatic nitrogens is 2. The van der Waals surface area contributed by atoms with Crippen molar-refractivity contribution in [3.05, 3.63) is 35.7 Å². The topological polar surface area (TPSA) is 108 Å². The van der Waals surface area contributed by atoms with Gasteiger partial charge in [-0.25, -0.2) is 0 Å². The van der Waals surface area contributed by atoms with E-state index in [1.54, 1.807) is 25.2 Å². The number of methoxy groups -OCH3 is 2. The van der Waals surface area contributed by atoms with E-state index in [1.807, 2.05) is 0 Å². The Hall–Kier alpha value is -3.03. The van der Waals surface area contributed by atoms with Crippen molar-refractivity contribution < 1.29 is 19.1 Å². The van der Waals surface area contributed by atoms with Gasteiger partial charge in [0.2, 0.25) is 0 Å². The zero-order valence-corrected chi connectivity index (χ0v) is 12.4. The van der Waals surface area contributed by atoms with Gasteiger partial charge in [0.25, 0.3) is 11.8 Å². The maximum absolute atomic E-state index is 12.4. The molecule has 0 saturated carbocycles. The van der Waals surface area contributed by atoms with Crippen LogP contribution in [0.2, 0.25) is 0 Å². The van der Waals surface area contributed by atoms with E-state index in [1.165, 1.54) is 25.1 Å². The number of benzene rings is 1. The predicted octanol–water partition coefficient (Wildman–Crippen LogP) is 0.788. The van der Waals surface area contributed by atoms with Gasteiger partial charge < -0.3 is 20.5 Å². The zero-order valence-electron chi connectivity index (χ0n) is 12.4. The molecular formula is C14H16N4O4. The van der Waals surface area contributed by atoms with E-state index in [0.29, 0.717) is 11.5 Å². The molecule has 0 bridgehead atoms. The van der Waals surface area contributed by atoms with Crippen molar-refractivity contribution >= 4 is 17.5 Å². The SMILES string of the molecule is COc1cccc(C(=O)Nc2cnn(C)c2C(N)=O)c1OC. The number of nitrogens with zero attached hydrogens (tertiary/aromatic N) is 2. The molecule has 2 rings (SSSR count). The lowest BCUT2D eigenvalue weighted by Gasteiger charge is -2.12. The largest absolute Gasteiger partial charge is 0.493 e. The van der Waals surface area contributed by atoms with Crippen LogP contribution in [-0.4, -0.2) is 35.8 Å². The van der Waals surface area contributed by atoms with Crippen LogP contribution < -0.4 is 20.5 Å². The molecule has 0 saturated heterocycles. The molecule has 8 heteroatoms. The van der Waals surface area contributed by atoms with E-state index in [2.05, 4.69) is 10.4 Å². The van der Waals surface area contributed by atoms with Crippen molar-refractivity contribution in [3.63, 3.8) is 0 Å². The summed E-state index contributed by atoms with van der Waals surface area (Å²) >= 11 is 0. The minimum atomic E-state index is -0.687. The Bertz CT molecular complexity index is 724. The van der Waals surface area contributed by atoms with Crippen molar-refractivity contribution in [2.45, 2.75) is 0 Å². The Labute approximate surface area is 126 Å². The van der Waals surface area contributed by atoms with Gasteiger partial charge >= 0.3 is 0 Å². The first-order chi connectivity index (χ1) is 10.5. The molecule has 116 valence electrons. The first-order valence-electron chi connectivity index (χ1n) is 6.33. The van der Waals surface area contributed by atoms with E-state index in [4.69, 9.17) is 15.2 Å². The van der Waals surface area contributed by atoms with Crippen LogP contribution >= 0.6 is 0 Å². The van der Waals surface area contributed by atoms with Gasteiger partial charge in [-0.15, -0.1) is 0 Å². The molecule has 2 amide bonds. The molecule has 1 aromatic heterocycles. The van der Waals surface area contributed by atoms with Gasteiger partial charge in [-0.05, 0) is 12.1 Å². The summed E-state index contributed by atoms with van der Waals surface area (Å²) in [6.45, 7) is 0. The van der Waals surface area contributed by atoms with Crippen molar-refractivity contribution in [1.29, 1.82) is 0 Å². The maximum atomic E-state index is 12.4. The van der Waals surface area contributed by atoms with Crippen molar-refractivity contribution in [2.75, 3.05) is 19.5 Å². The molecule has 22 heavy (non-hydrogen) atoms. The number of primary amides is 1. The normalized spacial score (nSPS) is 10.1. The van der Waals surface area contributed by atoms with Crippen molar-refractivity contribution in [1.82, 2.24) is 9.78 Å². The molecule has 1 aromatic carbocycles. The minimum Gasteiger partial charge on any atom is -0.493 e. The number of ether oxygens (including phenoxy) is 2. The van der Waals surface area contributed by atoms with Crippen molar-refractivity contribution in [3.8, 4) is 11.5 Å². The lowest BCUT2D eigenvalue weighted by Crippen LogP contribution is -2.20.